The van der Waals surface area contributed by atoms with E-state index < -0.39 is 0 Å². The molecule has 0 heterocycles. The largest absolute Gasteiger partial charge is 0.496 e. The van der Waals surface area contributed by atoms with Gasteiger partial charge in [0.25, 0.3) is 0 Å². The molecule has 3 nitrogen and oxygen atoms in total. The van der Waals surface area contributed by atoms with Crippen molar-refractivity contribution in [1.82, 2.24) is 0 Å². The maximum absolute atomic E-state index is 6.16. The minimum Gasteiger partial charge on any atom is -0.496 e. The summed E-state index contributed by atoms with van der Waals surface area (Å²) in [6.07, 6.45) is 4.65. The van der Waals surface area contributed by atoms with E-state index in [1.165, 1.54) is 18.4 Å². The number of halogens is 1. The predicted octanol–water partition coefficient (Wildman–Crippen LogP) is 3.27. The molecule has 0 saturated heterocycles. The Balaban J connectivity index is 2.57. The smallest absolute Gasteiger partial charge is 0.124 e. The highest BCUT2D eigenvalue weighted by Crippen LogP contribution is 2.46. The third kappa shape index (κ3) is 2.73. The molecule has 1 fully saturated rings. The van der Waals surface area contributed by atoms with Gasteiger partial charge in [0.2, 0.25) is 0 Å². The minimum atomic E-state index is 0.0177. The zero-order valence-corrected chi connectivity index (χ0v) is 12.4. The van der Waals surface area contributed by atoms with Crippen LogP contribution in [0.2, 0.25) is 5.02 Å². The average molecular weight is 284 g/mol. The lowest BCUT2D eigenvalue weighted by Gasteiger charge is -2.32. The van der Waals surface area contributed by atoms with Gasteiger partial charge in [0, 0.05) is 29.7 Å². The Morgan fingerprint density at radius 1 is 1.26 bits per heavy atom. The fourth-order valence-electron chi connectivity index (χ4n) is 3.28. The molecule has 1 aromatic rings. The van der Waals surface area contributed by atoms with Gasteiger partial charge >= 0.3 is 0 Å². The lowest BCUT2D eigenvalue weighted by Crippen LogP contribution is -2.33. The van der Waals surface area contributed by atoms with Crippen LogP contribution in [0.15, 0.2) is 12.1 Å². The van der Waals surface area contributed by atoms with Crippen molar-refractivity contribution in [3.63, 3.8) is 0 Å². The van der Waals surface area contributed by atoms with Gasteiger partial charge in [-0.1, -0.05) is 24.4 Å². The normalized spacial score (nSPS) is 17.7. The number of nitrogens with two attached hydrogens (primary N) is 1. The number of rotatable bonds is 5. The summed E-state index contributed by atoms with van der Waals surface area (Å²) >= 11 is 6.16. The molecule has 0 radical (unpaired) electrons. The molecule has 0 atom stereocenters. The summed E-state index contributed by atoms with van der Waals surface area (Å²) in [4.78, 5) is 0. The first-order valence-corrected chi connectivity index (χ1v) is 7.10. The Bertz CT molecular complexity index is 442. The van der Waals surface area contributed by atoms with Crippen molar-refractivity contribution in [2.45, 2.75) is 37.7 Å². The van der Waals surface area contributed by atoms with Gasteiger partial charge in [-0.2, -0.15) is 0 Å². The van der Waals surface area contributed by atoms with Gasteiger partial charge in [0.15, 0.2) is 0 Å². The molecule has 106 valence electrons. The maximum atomic E-state index is 6.16. The van der Waals surface area contributed by atoms with Crippen LogP contribution in [0.4, 0.5) is 0 Å². The molecule has 1 aliphatic carbocycles. The maximum Gasteiger partial charge on any atom is 0.124 e. The van der Waals surface area contributed by atoms with Crippen molar-refractivity contribution < 1.29 is 9.47 Å². The fourth-order valence-corrected chi connectivity index (χ4v) is 3.51. The van der Waals surface area contributed by atoms with E-state index in [2.05, 4.69) is 0 Å². The van der Waals surface area contributed by atoms with E-state index >= 15 is 0 Å². The van der Waals surface area contributed by atoms with Gasteiger partial charge in [0.05, 0.1) is 13.7 Å². The van der Waals surface area contributed by atoms with Gasteiger partial charge in [-0.05, 0) is 30.5 Å². The molecule has 0 amide bonds. The zero-order chi connectivity index (χ0) is 13.9. The van der Waals surface area contributed by atoms with Crippen molar-refractivity contribution in [3.8, 4) is 5.75 Å². The quantitative estimate of drug-likeness (QED) is 0.902. The number of hydrogen-bond acceptors (Lipinski definition) is 3. The minimum absolute atomic E-state index is 0.0177. The van der Waals surface area contributed by atoms with Crippen molar-refractivity contribution in [2.24, 2.45) is 5.73 Å². The Morgan fingerprint density at radius 2 is 1.95 bits per heavy atom. The van der Waals surface area contributed by atoms with E-state index in [9.17, 15) is 0 Å². The first-order chi connectivity index (χ1) is 9.16. The molecular weight excluding hydrogens is 262 g/mol. The second-order valence-corrected chi connectivity index (χ2v) is 5.70. The van der Waals surface area contributed by atoms with Crippen LogP contribution < -0.4 is 10.5 Å². The summed E-state index contributed by atoms with van der Waals surface area (Å²) in [5, 5.41) is 0.679. The van der Waals surface area contributed by atoms with Crippen LogP contribution in [-0.4, -0.2) is 20.8 Å². The first kappa shape index (κ1) is 14.6. The van der Waals surface area contributed by atoms with E-state index in [1.54, 1.807) is 14.2 Å². The number of methoxy groups -OCH3 is 2. The molecule has 4 heteroatoms. The van der Waals surface area contributed by atoms with Gasteiger partial charge in [-0.3, -0.25) is 0 Å². The highest BCUT2D eigenvalue weighted by Gasteiger charge is 2.38. The molecule has 1 aromatic carbocycles. The van der Waals surface area contributed by atoms with E-state index in [0.29, 0.717) is 18.2 Å². The van der Waals surface area contributed by atoms with Gasteiger partial charge in [0.1, 0.15) is 5.75 Å². The van der Waals surface area contributed by atoms with Crippen LogP contribution in [0, 0.1) is 0 Å². The molecule has 1 saturated carbocycles. The van der Waals surface area contributed by atoms with E-state index in [1.807, 2.05) is 12.1 Å². The third-order valence-electron chi connectivity index (χ3n) is 4.15. The predicted molar refractivity (Wildman–Crippen MR) is 77.9 cm³/mol. The fraction of sp³-hybridized carbons (Fsp3) is 0.600. The van der Waals surface area contributed by atoms with E-state index in [4.69, 9.17) is 26.8 Å². The average Bonchev–Trinajstić information content (AvgIpc) is 2.88. The Kier molecular flexibility index (Phi) is 4.71. The molecule has 0 aromatic heterocycles. The summed E-state index contributed by atoms with van der Waals surface area (Å²) in [6, 6.07) is 3.85. The van der Waals surface area contributed by atoms with Crippen molar-refractivity contribution >= 4 is 11.6 Å². The Hall–Kier alpha value is -0.770. The SMILES string of the molecule is COCc1cc(Cl)cc(OC)c1C1(CN)CCCC1. The lowest BCUT2D eigenvalue weighted by molar-refractivity contribution is 0.182. The van der Waals surface area contributed by atoms with E-state index in [-0.39, 0.29) is 5.41 Å². The summed E-state index contributed by atoms with van der Waals surface area (Å²) in [7, 11) is 3.38. The van der Waals surface area contributed by atoms with Gasteiger partial charge < -0.3 is 15.2 Å². The standard InChI is InChI=1S/C15H22ClNO2/c1-18-9-11-7-12(16)8-13(19-2)14(11)15(10-17)5-3-4-6-15/h7-8H,3-6,9-10,17H2,1-2H3. The molecule has 19 heavy (non-hydrogen) atoms. The molecule has 2 N–H and O–H groups in total. The number of ether oxygens (including phenoxy) is 2. The molecular formula is C15H22ClNO2. The molecule has 2 rings (SSSR count). The summed E-state index contributed by atoms with van der Waals surface area (Å²) in [6.45, 7) is 1.18. The molecule has 1 aliphatic rings. The van der Waals surface area contributed by atoms with Crippen molar-refractivity contribution in [2.75, 3.05) is 20.8 Å². The second kappa shape index (κ2) is 6.12. The summed E-state index contributed by atoms with van der Waals surface area (Å²) < 4.78 is 10.9. The molecule has 0 bridgehead atoms. The second-order valence-electron chi connectivity index (χ2n) is 5.27. The highest BCUT2D eigenvalue weighted by atomic mass is 35.5. The van der Waals surface area contributed by atoms with E-state index in [0.717, 1.165) is 24.2 Å². The van der Waals surface area contributed by atoms with Crippen LogP contribution >= 0.6 is 11.6 Å². The monoisotopic (exact) mass is 283 g/mol. The number of benzene rings is 1. The number of hydrogen-bond donors (Lipinski definition) is 1. The van der Waals surface area contributed by atoms with Gasteiger partial charge in [-0.25, -0.2) is 0 Å². The van der Waals surface area contributed by atoms with Crippen molar-refractivity contribution in [1.29, 1.82) is 0 Å². The van der Waals surface area contributed by atoms with Gasteiger partial charge in [-0.15, -0.1) is 0 Å². The summed E-state index contributed by atoms with van der Waals surface area (Å²) in [5.41, 5.74) is 8.41. The Morgan fingerprint density at radius 3 is 2.47 bits per heavy atom. The van der Waals surface area contributed by atoms with Crippen molar-refractivity contribution in [3.05, 3.63) is 28.3 Å². The molecule has 0 spiro atoms. The van der Waals surface area contributed by atoms with Crippen LogP contribution in [0.5, 0.6) is 5.75 Å². The van der Waals surface area contributed by atoms with Crippen LogP contribution in [0.25, 0.3) is 0 Å². The third-order valence-corrected chi connectivity index (χ3v) is 4.37. The molecule has 0 unspecified atom stereocenters. The summed E-state index contributed by atoms with van der Waals surface area (Å²) in [5.74, 6) is 0.840. The highest BCUT2D eigenvalue weighted by molar-refractivity contribution is 6.30. The van der Waals surface area contributed by atoms with Crippen LogP contribution in [0.3, 0.4) is 0 Å². The molecule has 0 aliphatic heterocycles. The topological polar surface area (TPSA) is 44.5 Å². The first-order valence-electron chi connectivity index (χ1n) is 6.73. The Labute approximate surface area is 120 Å². The lowest BCUT2D eigenvalue weighted by atomic mass is 9.76. The van der Waals surface area contributed by atoms with Crippen LogP contribution in [0.1, 0.15) is 36.8 Å². The van der Waals surface area contributed by atoms with Crippen LogP contribution in [-0.2, 0) is 16.8 Å². The zero-order valence-electron chi connectivity index (χ0n) is 11.7.